The number of thioether (sulfide) groups is 1. The van der Waals surface area contributed by atoms with Gasteiger partial charge in [-0.3, -0.25) is 0 Å². The first-order valence-corrected chi connectivity index (χ1v) is 13.9. The van der Waals surface area contributed by atoms with Gasteiger partial charge in [0.05, 0.1) is 17.8 Å². The van der Waals surface area contributed by atoms with Gasteiger partial charge < -0.3 is 15.3 Å². The molecule has 0 saturated heterocycles. The van der Waals surface area contributed by atoms with E-state index in [4.69, 9.17) is 0 Å². The predicted octanol–water partition coefficient (Wildman–Crippen LogP) is 6.28. The molecule has 4 heteroatoms. The van der Waals surface area contributed by atoms with Crippen LogP contribution in [-0.2, 0) is 0 Å². The summed E-state index contributed by atoms with van der Waals surface area (Å²) in [6.45, 7) is 12.9. The quantitative estimate of drug-likeness (QED) is 0.364. The number of aliphatic hydroxyl groups is 3. The first-order chi connectivity index (χ1) is 15.6. The molecule has 0 amide bonds. The van der Waals surface area contributed by atoms with Crippen LogP contribution >= 0.6 is 11.8 Å². The third-order valence-electron chi connectivity index (χ3n) is 8.41. The van der Waals surface area contributed by atoms with E-state index in [0.717, 1.165) is 42.6 Å². The van der Waals surface area contributed by atoms with E-state index in [1.807, 2.05) is 31.7 Å². The van der Waals surface area contributed by atoms with Gasteiger partial charge in [0.15, 0.2) is 0 Å². The van der Waals surface area contributed by atoms with Crippen molar-refractivity contribution < 1.29 is 15.3 Å². The maximum Gasteiger partial charge on any atom is 0.0822 e. The van der Waals surface area contributed by atoms with Gasteiger partial charge in [-0.25, -0.2) is 0 Å². The SMILES string of the molecule is C=C1/C(=C\C=C2/CCC[C@]3(C)C(C(C)SC/C=C\C(O)(CC)CC)=CC[C@@H]23)C[C@@H](O)C[C@@H]1O. The van der Waals surface area contributed by atoms with Crippen molar-refractivity contribution in [2.45, 2.75) is 102 Å². The average Bonchev–Trinajstić information content (AvgIpc) is 3.15. The van der Waals surface area contributed by atoms with E-state index in [0.29, 0.717) is 24.0 Å². The van der Waals surface area contributed by atoms with Crippen molar-refractivity contribution in [2.75, 3.05) is 5.75 Å². The minimum absolute atomic E-state index is 0.203. The van der Waals surface area contributed by atoms with Crippen molar-refractivity contribution >= 4 is 11.8 Å². The number of fused-ring (bicyclic) bond motifs is 1. The Morgan fingerprint density at radius 2 is 2.00 bits per heavy atom. The van der Waals surface area contributed by atoms with Crippen LogP contribution in [0.15, 0.2) is 59.3 Å². The Labute approximate surface area is 205 Å². The molecule has 184 valence electrons. The molecule has 5 atom stereocenters. The van der Waals surface area contributed by atoms with Crippen LogP contribution in [0.3, 0.4) is 0 Å². The third kappa shape index (κ3) is 5.96. The summed E-state index contributed by atoms with van der Waals surface area (Å²) in [5.74, 6) is 1.46. The fourth-order valence-electron chi connectivity index (χ4n) is 5.99. The lowest BCUT2D eigenvalue weighted by molar-refractivity contribution is 0.0826. The van der Waals surface area contributed by atoms with Crippen LogP contribution in [0.25, 0.3) is 0 Å². The second kappa shape index (κ2) is 11.1. The molecule has 2 fully saturated rings. The maximum absolute atomic E-state index is 10.5. The van der Waals surface area contributed by atoms with Crippen LogP contribution in [0, 0.1) is 11.3 Å². The number of aliphatic hydroxyl groups excluding tert-OH is 2. The zero-order chi connectivity index (χ0) is 24.2. The summed E-state index contributed by atoms with van der Waals surface area (Å²) in [4.78, 5) is 0. The van der Waals surface area contributed by atoms with Crippen LogP contribution < -0.4 is 0 Å². The standard InChI is InChI=1S/C29H44O3S/c1-6-29(32,7-2)16-9-17-33-21(4)25-13-14-26-22(10-8-15-28(25,26)5)11-12-23-18-24(30)19-27(31)20(23)3/h9,11-13,16,21,24,26-27,30-32H,3,6-8,10,14-15,17-19H2,1-2,4-5H3/b16-9-,22-11+,23-12-/t21?,24-,26+,27+,28-/m1/s1. The molecule has 0 aromatic carbocycles. The Bertz CT molecular complexity index is 832. The Balaban J connectivity index is 1.67. The maximum atomic E-state index is 10.5. The van der Waals surface area contributed by atoms with Gasteiger partial charge in [-0.1, -0.05) is 68.9 Å². The highest BCUT2D eigenvalue weighted by atomic mass is 32.2. The fourth-order valence-corrected chi connectivity index (χ4v) is 7.03. The van der Waals surface area contributed by atoms with Gasteiger partial charge in [0, 0.05) is 17.4 Å². The van der Waals surface area contributed by atoms with Crippen LogP contribution in [0.2, 0.25) is 0 Å². The van der Waals surface area contributed by atoms with Gasteiger partial charge >= 0.3 is 0 Å². The molecule has 33 heavy (non-hydrogen) atoms. The zero-order valence-electron chi connectivity index (χ0n) is 21.0. The molecule has 3 aliphatic carbocycles. The van der Waals surface area contributed by atoms with E-state index in [-0.39, 0.29) is 5.41 Å². The molecule has 3 nitrogen and oxygen atoms in total. The normalized spacial score (nSPS) is 34.2. The van der Waals surface area contributed by atoms with Crippen LogP contribution in [0.1, 0.15) is 79.1 Å². The molecule has 0 bridgehead atoms. The van der Waals surface area contributed by atoms with E-state index in [1.165, 1.54) is 18.4 Å². The Morgan fingerprint density at radius 1 is 1.27 bits per heavy atom. The summed E-state index contributed by atoms with van der Waals surface area (Å²) >= 11 is 1.96. The van der Waals surface area contributed by atoms with Crippen molar-refractivity contribution in [3.8, 4) is 0 Å². The number of hydrogen-bond acceptors (Lipinski definition) is 4. The molecule has 0 radical (unpaired) electrons. The predicted molar refractivity (Wildman–Crippen MR) is 141 cm³/mol. The van der Waals surface area contributed by atoms with Crippen LogP contribution in [-0.4, -0.2) is 44.1 Å². The summed E-state index contributed by atoms with van der Waals surface area (Å²) in [5, 5.41) is 31.1. The Morgan fingerprint density at radius 3 is 2.70 bits per heavy atom. The highest BCUT2D eigenvalue weighted by Crippen LogP contribution is 2.56. The molecule has 0 aromatic heterocycles. The van der Waals surface area contributed by atoms with Gasteiger partial charge in [0.1, 0.15) is 0 Å². The molecule has 0 spiro atoms. The molecule has 3 N–H and O–H groups in total. The largest absolute Gasteiger partial charge is 0.393 e. The number of hydrogen-bond donors (Lipinski definition) is 3. The average molecular weight is 473 g/mol. The lowest BCUT2D eigenvalue weighted by atomic mass is 9.64. The van der Waals surface area contributed by atoms with E-state index in [9.17, 15) is 15.3 Å². The van der Waals surface area contributed by atoms with Gasteiger partial charge in [-0.05, 0) is 74.3 Å². The fraction of sp³-hybridized carbons (Fsp3) is 0.655. The summed E-state index contributed by atoms with van der Waals surface area (Å²) in [6, 6.07) is 0. The topological polar surface area (TPSA) is 60.7 Å². The second-order valence-corrected chi connectivity index (χ2v) is 11.8. The van der Waals surface area contributed by atoms with Gasteiger partial charge in [0.25, 0.3) is 0 Å². The summed E-state index contributed by atoms with van der Waals surface area (Å²) in [6.07, 6.45) is 17.0. The minimum atomic E-state index is -0.666. The van der Waals surface area contributed by atoms with Gasteiger partial charge in [-0.15, -0.1) is 0 Å². The monoisotopic (exact) mass is 472 g/mol. The number of rotatable bonds is 8. The first-order valence-electron chi connectivity index (χ1n) is 12.8. The lowest BCUT2D eigenvalue weighted by Gasteiger charge is -2.42. The van der Waals surface area contributed by atoms with E-state index in [2.05, 4.69) is 44.7 Å². The number of allylic oxidation sites excluding steroid dienone is 4. The Hall–Kier alpha value is -1.07. The van der Waals surface area contributed by atoms with Crippen LogP contribution in [0.5, 0.6) is 0 Å². The highest BCUT2D eigenvalue weighted by Gasteiger charge is 2.46. The van der Waals surface area contributed by atoms with E-state index < -0.39 is 17.8 Å². The summed E-state index contributed by atoms with van der Waals surface area (Å²) in [7, 11) is 0. The summed E-state index contributed by atoms with van der Waals surface area (Å²) in [5.41, 5.74) is 4.37. The molecule has 0 heterocycles. The highest BCUT2D eigenvalue weighted by molar-refractivity contribution is 8.00. The molecule has 3 aliphatic rings. The molecule has 0 aliphatic heterocycles. The Kier molecular flexibility index (Phi) is 8.94. The lowest BCUT2D eigenvalue weighted by Crippen LogP contribution is -2.33. The smallest absolute Gasteiger partial charge is 0.0822 e. The van der Waals surface area contributed by atoms with Crippen LogP contribution in [0.4, 0.5) is 0 Å². The van der Waals surface area contributed by atoms with Crippen molar-refractivity contribution in [1.82, 2.24) is 0 Å². The van der Waals surface area contributed by atoms with Gasteiger partial charge in [-0.2, -0.15) is 11.8 Å². The molecular weight excluding hydrogens is 428 g/mol. The molecule has 3 rings (SSSR count). The van der Waals surface area contributed by atoms with Crippen molar-refractivity contribution in [1.29, 1.82) is 0 Å². The van der Waals surface area contributed by atoms with Gasteiger partial charge in [0.2, 0.25) is 0 Å². The molecule has 1 unspecified atom stereocenters. The second-order valence-electron chi connectivity index (χ2n) is 10.5. The van der Waals surface area contributed by atoms with E-state index in [1.54, 1.807) is 5.57 Å². The van der Waals surface area contributed by atoms with E-state index >= 15 is 0 Å². The minimum Gasteiger partial charge on any atom is -0.393 e. The van der Waals surface area contributed by atoms with Crippen molar-refractivity contribution in [2.24, 2.45) is 11.3 Å². The summed E-state index contributed by atoms with van der Waals surface area (Å²) < 4.78 is 0. The molecule has 2 saturated carbocycles. The zero-order valence-corrected chi connectivity index (χ0v) is 21.8. The van der Waals surface area contributed by atoms with Crippen molar-refractivity contribution in [3.63, 3.8) is 0 Å². The third-order valence-corrected chi connectivity index (χ3v) is 9.55. The van der Waals surface area contributed by atoms with Crippen molar-refractivity contribution in [3.05, 3.63) is 59.3 Å². The first kappa shape index (κ1) is 26.5. The molecular formula is C29H44O3S. The molecule has 0 aromatic rings.